The molecule has 2 aromatic rings. The van der Waals surface area contributed by atoms with Crippen LogP contribution in [0.3, 0.4) is 0 Å². The molecule has 16 heteroatoms. The zero-order chi connectivity index (χ0) is 45.6. The summed E-state index contributed by atoms with van der Waals surface area (Å²) in [6.07, 6.45) is 15.5. The second-order valence-electron chi connectivity index (χ2n) is 18.1. The first-order valence-electron chi connectivity index (χ1n) is 22.3. The van der Waals surface area contributed by atoms with Crippen LogP contribution in [-0.2, 0) is 82.8 Å². The van der Waals surface area contributed by atoms with Crippen LogP contribution in [0.4, 0.5) is 20.1 Å². The van der Waals surface area contributed by atoms with E-state index in [1.807, 2.05) is 61.6 Å². The van der Waals surface area contributed by atoms with E-state index >= 15 is 0 Å². The maximum atomic E-state index is 12.5. The van der Waals surface area contributed by atoms with E-state index in [4.69, 9.17) is 24.6 Å². The molecule has 2 aromatic carbocycles. The van der Waals surface area contributed by atoms with E-state index < -0.39 is 39.2 Å². The van der Waals surface area contributed by atoms with E-state index in [0.29, 0.717) is 44.8 Å². The van der Waals surface area contributed by atoms with Crippen molar-refractivity contribution < 1.29 is 37.0 Å². The quantitative estimate of drug-likeness (QED) is 0.168. The highest BCUT2D eigenvalue weighted by molar-refractivity contribution is 7.83. The minimum absolute atomic E-state index is 0.276. The zero-order valence-corrected chi connectivity index (χ0v) is 39.9. The fourth-order valence-corrected chi connectivity index (χ4v) is 9.55. The van der Waals surface area contributed by atoms with Gasteiger partial charge in [0.05, 0.1) is 11.0 Å². The molecule has 344 valence electrons. The smallest absolute Gasteiger partial charge is 0.410 e. The molecule has 0 saturated heterocycles. The number of hydrogen-bond acceptors (Lipinski definition) is 9. The molecule has 14 nitrogen and oxygen atoms in total. The fourth-order valence-electron chi connectivity index (χ4n) is 8.39. The number of urea groups is 1. The molecule has 0 saturated carbocycles. The number of amides is 4. The van der Waals surface area contributed by atoms with Gasteiger partial charge in [0.1, 0.15) is 27.9 Å². The first-order valence-corrected chi connectivity index (χ1v) is 25.0. The van der Waals surface area contributed by atoms with Crippen LogP contribution >= 0.6 is 0 Å². The zero-order valence-electron chi connectivity index (χ0n) is 38.3. The molecule has 2 unspecified atom stereocenters. The topological polar surface area (TPSA) is 193 Å². The summed E-state index contributed by atoms with van der Waals surface area (Å²) in [4.78, 5) is 39.5. The predicted molar refractivity (Wildman–Crippen MR) is 246 cm³/mol. The predicted octanol–water partition coefficient (Wildman–Crippen LogP) is 7.88. The maximum Gasteiger partial charge on any atom is 0.410 e. The number of nitrogens with zero attached hydrogens (tertiary/aromatic N) is 3. The van der Waals surface area contributed by atoms with Crippen LogP contribution in [0.25, 0.3) is 0 Å². The number of nitrogens with one attached hydrogen (secondary N) is 2. The lowest BCUT2D eigenvalue weighted by Crippen LogP contribution is -2.38. The standard InChI is InChI=1S/C23H35N3O4S.C13H13NO.C10H22N2O3S/c1-5-26(22(28)30-23(2,3)4)13-8-14-31(29)25-21(27)24-20-18-11-6-9-16(18)15-17-10-7-12-19(17)20;14-8-15-13-11-5-1-3-9(11)7-10-4-2-6-12(10)13;1-5-12(7-6-8-16(11)14)9(13)15-10(2,3)4/h15H,5-14H2,1-4H3,(H2,24,25,27);7H,1-6H2;5-8,11H2,1-4H3. The summed E-state index contributed by atoms with van der Waals surface area (Å²) in [6.45, 7) is 16.8. The Morgan fingerprint density at radius 2 is 1.10 bits per heavy atom. The first kappa shape index (κ1) is 50.4. The van der Waals surface area contributed by atoms with Crippen LogP contribution in [-0.4, -0.2) is 85.3 Å². The lowest BCUT2D eigenvalue weighted by atomic mass is 9.99. The Labute approximate surface area is 374 Å². The normalized spacial score (nSPS) is 15.4. The molecule has 2 atom stereocenters. The van der Waals surface area contributed by atoms with Crippen molar-refractivity contribution in [2.24, 2.45) is 5.14 Å². The third-order valence-electron chi connectivity index (χ3n) is 11.1. The molecule has 4 N–H and O–H groups in total. The number of benzene rings is 2. The average molecular weight is 899 g/mol. The van der Waals surface area contributed by atoms with Crippen LogP contribution in [0.1, 0.15) is 138 Å². The van der Waals surface area contributed by atoms with Crippen molar-refractivity contribution in [2.75, 3.05) is 43.0 Å². The molecule has 62 heavy (non-hydrogen) atoms. The third-order valence-corrected chi connectivity index (χ3v) is 12.8. The van der Waals surface area contributed by atoms with E-state index in [1.165, 1.54) is 57.3 Å². The van der Waals surface area contributed by atoms with E-state index in [2.05, 4.69) is 22.2 Å². The van der Waals surface area contributed by atoms with E-state index in [0.717, 1.165) is 75.6 Å². The van der Waals surface area contributed by atoms with Gasteiger partial charge in [0.2, 0.25) is 0 Å². The minimum Gasteiger partial charge on any atom is -0.444 e. The van der Waals surface area contributed by atoms with Gasteiger partial charge in [-0.1, -0.05) is 12.1 Å². The van der Waals surface area contributed by atoms with E-state index in [9.17, 15) is 22.8 Å². The van der Waals surface area contributed by atoms with Gasteiger partial charge < -0.3 is 29.3 Å². The number of carbonyl (C=O) groups is 3. The SMILES string of the molecule is CCN(CCCS(=O)NC(=O)Nc1c2c(cc3c1CCC3)CCC2)C(=O)OC(C)(C)C.CCN(CCCS(N)=O)C(=O)OC(C)(C)C.N#COc1c2c(cc3c1CCC3)CCC2. The number of fused-ring (bicyclic) bond motifs is 4. The Balaban J connectivity index is 0.000000228. The van der Waals surface area contributed by atoms with Gasteiger partial charge in [-0.25, -0.2) is 22.8 Å². The number of carbonyl (C=O) groups excluding carboxylic acids is 3. The maximum absolute atomic E-state index is 12.5. The van der Waals surface area contributed by atoms with Crippen LogP contribution < -0.4 is 19.9 Å². The molecular weight excluding hydrogens is 829 g/mol. The molecule has 4 aliphatic carbocycles. The highest BCUT2D eigenvalue weighted by Crippen LogP contribution is 2.40. The van der Waals surface area contributed by atoms with Crippen LogP contribution in [0.5, 0.6) is 5.75 Å². The Morgan fingerprint density at radius 1 is 0.694 bits per heavy atom. The molecule has 0 aromatic heterocycles. The molecule has 0 fully saturated rings. The van der Waals surface area contributed by atoms with E-state index in [1.54, 1.807) is 9.80 Å². The van der Waals surface area contributed by atoms with Crippen molar-refractivity contribution in [1.29, 1.82) is 5.26 Å². The Hall–Kier alpha value is -4.20. The Kier molecular flexibility index (Phi) is 19.1. The summed E-state index contributed by atoms with van der Waals surface area (Å²) in [5.74, 6) is 1.58. The molecule has 4 amide bonds. The monoisotopic (exact) mass is 898 g/mol. The number of rotatable bonds is 13. The largest absolute Gasteiger partial charge is 0.444 e. The molecule has 6 rings (SSSR count). The van der Waals surface area contributed by atoms with Gasteiger partial charge in [-0.2, -0.15) is 0 Å². The number of nitriles is 1. The summed E-state index contributed by atoms with van der Waals surface area (Å²) in [5.41, 5.74) is 10.5. The highest BCUT2D eigenvalue weighted by atomic mass is 32.2. The van der Waals surface area contributed by atoms with Gasteiger partial charge in [0.25, 0.3) is 6.26 Å². The highest BCUT2D eigenvalue weighted by Gasteiger charge is 2.27. The molecule has 0 radical (unpaired) electrons. The first-order chi connectivity index (χ1) is 29.3. The number of ether oxygens (including phenoxy) is 3. The molecule has 0 heterocycles. The van der Waals surface area contributed by atoms with Crippen molar-refractivity contribution in [2.45, 2.75) is 156 Å². The summed E-state index contributed by atoms with van der Waals surface area (Å²) >= 11 is 0. The van der Waals surface area contributed by atoms with Crippen molar-refractivity contribution in [3.63, 3.8) is 0 Å². The van der Waals surface area contributed by atoms with Gasteiger partial charge in [0, 0.05) is 43.4 Å². The summed E-state index contributed by atoms with van der Waals surface area (Å²) in [5, 5.41) is 16.8. The number of nitrogens with two attached hydrogens (primary N) is 1. The van der Waals surface area contributed by atoms with Crippen molar-refractivity contribution >= 4 is 45.9 Å². The summed E-state index contributed by atoms with van der Waals surface area (Å²) < 4.78 is 41.4. The minimum atomic E-state index is -1.51. The van der Waals surface area contributed by atoms with Crippen molar-refractivity contribution in [3.05, 3.63) is 56.6 Å². The number of hydrogen-bond donors (Lipinski definition) is 3. The molecule has 0 aliphatic heterocycles. The number of anilines is 1. The van der Waals surface area contributed by atoms with Crippen LogP contribution in [0.2, 0.25) is 0 Å². The van der Waals surface area contributed by atoms with Crippen molar-refractivity contribution in [1.82, 2.24) is 14.5 Å². The van der Waals surface area contributed by atoms with Crippen LogP contribution in [0.15, 0.2) is 12.1 Å². The molecule has 4 aliphatic rings. The lowest BCUT2D eigenvalue weighted by Gasteiger charge is -2.26. The fraction of sp³-hybridized carbons (Fsp3) is 0.652. The molecule has 0 bridgehead atoms. The Morgan fingerprint density at radius 3 is 1.48 bits per heavy atom. The molecule has 0 spiro atoms. The van der Waals surface area contributed by atoms with E-state index in [-0.39, 0.29) is 17.9 Å². The average Bonchev–Trinajstić information content (AvgIpc) is 4.02. The Bertz CT molecular complexity index is 1920. The number of aryl methyl sites for hydroxylation is 4. The second-order valence-corrected chi connectivity index (χ2v) is 20.6. The van der Waals surface area contributed by atoms with Crippen LogP contribution in [0, 0.1) is 11.5 Å². The second kappa shape index (κ2) is 23.5. The van der Waals surface area contributed by atoms with Gasteiger partial charge in [-0.15, -0.1) is 5.26 Å². The third kappa shape index (κ3) is 15.3. The summed E-state index contributed by atoms with van der Waals surface area (Å²) in [6, 6.07) is 4.23. The lowest BCUT2D eigenvalue weighted by molar-refractivity contribution is 0.0250. The van der Waals surface area contributed by atoms with Gasteiger partial charge in [0.15, 0.2) is 0 Å². The summed E-state index contributed by atoms with van der Waals surface area (Å²) in [7, 11) is -2.81. The van der Waals surface area contributed by atoms with Gasteiger partial charge in [-0.05, 0) is 190 Å². The van der Waals surface area contributed by atoms with Crippen molar-refractivity contribution in [3.8, 4) is 12.0 Å². The van der Waals surface area contributed by atoms with Gasteiger partial charge in [-0.3, -0.25) is 9.86 Å². The molecular formula is C46H70N6O8S2. The van der Waals surface area contributed by atoms with Gasteiger partial charge >= 0.3 is 18.2 Å².